The summed E-state index contributed by atoms with van der Waals surface area (Å²) in [7, 11) is 0. The number of nitriles is 2. The van der Waals surface area contributed by atoms with Crippen molar-refractivity contribution in [1.82, 2.24) is 0 Å². The number of nitrogens with zero attached hydrogens (tertiary/aromatic N) is 2. The maximum absolute atomic E-state index is 8.81. The first-order valence-corrected chi connectivity index (χ1v) is 6.17. The molecule has 0 aliphatic heterocycles. The van der Waals surface area contributed by atoms with Crippen molar-refractivity contribution in [3.05, 3.63) is 29.3 Å². The predicted octanol–water partition coefficient (Wildman–Crippen LogP) is 3.30. The van der Waals surface area contributed by atoms with Gasteiger partial charge in [-0.15, -0.1) is 0 Å². The number of para-hydroxylation sites is 1. The molecule has 1 aromatic rings. The molecule has 98 valence electrons. The molecular formula is C15H16N2O2. The maximum Gasteiger partial charge on any atom is 0.168 e. The lowest BCUT2D eigenvalue weighted by molar-refractivity contribution is 0.276. The van der Waals surface area contributed by atoms with Crippen LogP contribution in [0.5, 0.6) is 11.5 Å². The summed E-state index contributed by atoms with van der Waals surface area (Å²) in [5, 5.41) is 17.6. The molecule has 19 heavy (non-hydrogen) atoms. The Balaban J connectivity index is 3.23. The van der Waals surface area contributed by atoms with Gasteiger partial charge in [0.05, 0.1) is 13.2 Å². The van der Waals surface area contributed by atoms with Crippen LogP contribution in [0.25, 0.3) is 6.08 Å². The van der Waals surface area contributed by atoms with Gasteiger partial charge in [-0.1, -0.05) is 19.1 Å². The minimum absolute atomic E-state index is 0.0370. The van der Waals surface area contributed by atoms with Gasteiger partial charge in [-0.3, -0.25) is 0 Å². The number of hydrogen-bond acceptors (Lipinski definition) is 4. The standard InChI is InChI=1S/C15H16N2O2/c1-3-8-19-15-13(9-12(10-16)11-17)6-5-7-14(15)18-4-2/h5-7,9H,3-4,8H2,1-2H3. The number of hydrogen-bond donors (Lipinski definition) is 0. The molecule has 0 aliphatic rings. The fraction of sp³-hybridized carbons (Fsp3) is 0.333. The number of ether oxygens (including phenoxy) is 2. The van der Waals surface area contributed by atoms with Gasteiger partial charge in [-0.2, -0.15) is 10.5 Å². The van der Waals surface area contributed by atoms with E-state index in [1.54, 1.807) is 6.07 Å². The van der Waals surface area contributed by atoms with E-state index in [0.717, 1.165) is 6.42 Å². The van der Waals surface area contributed by atoms with Crippen LogP contribution in [-0.4, -0.2) is 13.2 Å². The molecule has 0 N–H and O–H groups in total. The van der Waals surface area contributed by atoms with E-state index in [9.17, 15) is 0 Å². The summed E-state index contributed by atoms with van der Waals surface area (Å²) in [6.45, 7) is 4.98. The predicted molar refractivity (Wildman–Crippen MR) is 72.6 cm³/mol. The molecule has 0 saturated heterocycles. The average Bonchev–Trinajstić information content (AvgIpc) is 2.44. The van der Waals surface area contributed by atoms with E-state index in [2.05, 4.69) is 0 Å². The fourth-order valence-corrected chi connectivity index (χ4v) is 1.52. The van der Waals surface area contributed by atoms with Crippen LogP contribution in [0.3, 0.4) is 0 Å². The fourth-order valence-electron chi connectivity index (χ4n) is 1.52. The molecule has 0 saturated carbocycles. The highest BCUT2D eigenvalue weighted by Crippen LogP contribution is 2.33. The Hall–Kier alpha value is -2.46. The van der Waals surface area contributed by atoms with E-state index in [4.69, 9.17) is 20.0 Å². The van der Waals surface area contributed by atoms with E-state index >= 15 is 0 Å². The van der Waals surface area contributed by atoms with Crippen LogP contribution >= 0.6 is 0 Å². The molecule has 1 aromatic carbocycles. The topological polar surface area (TPSA) is 66.0 Å². The summed E-state index contributed by atoms with van der Waals surface area (Å²) in [4.78, 5) is 0. The van der Waals surface area contributed by atoms with Crippen molar-refractivity contribution >= 4 is 6.08 Å². The van der Waals surface area contributed by atoms with E-state index in [1.165, 1.54) is 6.08 Å². The molecule has 0 unspecified atom stereocenters. The molecule has 0 radical (unpaired) electrons. The van der Waals surface area contributed by atoms with Crippen LogP contribution in [0.2, 0.25) is 0 Å². The molecule has 0 aliphatic carbocycles. The lowest BCUT2D eigenvalue weighted by Gasteiger charge is -2.13. The second-order valence-electron chi connectivity index (χ2n) is 3.74. The van der Waals surface area contributed by atoms with E-state index < -0.39 is 0 Å². The number of rotatable bonds is 6. The SMILES string of the molecule is CCCOc1c(C=C(C#N)C#N)cccc1OCC. The van der Waals surface area contributed by atoms with E-state index in [-0.39, 0.29) is 5.57 Å². The Morgan fingerprint density at radius 1 is 1.21 bits per heavy atom. The number of allylic oxidation sites excluding steroid dienone is 1. The van der Waals surface area contributed by atoms with Crippen molar-refractivity contribution in [1.29, 1.82) is 10.5 Å². The third-order valence-corrected chi connectivity index (χ3v) is 2.30. The molecule has 4 nitrogen and oxygen atoms in total. The van der Waals surface area contributed by atoms with Gasteiger partial charge >= 0.3 is 0 Å². The van der Waals surface area contributed by atoms with Crippen molar-refractivity contribution in [2.24, 2.45) is 0 Å². The molecule has 0 amide bonds. The summed E-state index contributed by atoms with van der Waals surface area (Å²) in [6.07, 6.45) is 2.38. The molecule has 0 atom stereocenters. The first kappa shape index (κ1) is 14.6. The molecule has 0 aromatic heterocycles. The Morgan fingerprint density at radius 3 is 2.53 bits per heavy atom. The van der Waals surface area contributed by atoms with Crippen LogP contribution < -0.4 is 9.47 Å². The van der Waals surface area contributed by atoms with Gasteiger partial charge in [0.15, 0.2) is 11.5 Å². The van der Waals surface area contributed by atoms with Crippen LogP contribution in [0.1, 0.15) is 25.8 Å². The second-order valence-corrected chi connectivity index (χ2v) is 3.74. The van der Waals surface area contributed by atoms with Crippen LogP contribution in [0, 0.1) is 22.7 Å². The minimum atomic E-state index is 0.0370. The van der Waals surface area contributed by atoms with Crippen molar-refractivity contribution < 1.29 is 9.47 Å². The minimum Gasteiger partial charge on any atom is -0.490 e. The summed E-state index contributed by atoms with van der Waals surface area (Å²) < 4.78 is 11.2. The van der Waals surface area contributed by atoms with Crippen LogP contribution in [0.4, 0.5) is 0 Å². The largest absolute Gasteiger partial charge is 0.490 e. The molecule has 4 heteroatoms. The highest BCUT2D eigenvalue weighted by molar-refractivity contribution is 5.69. The van der Waals surface area contributed by atoms with Gasteiger partial charge in [0, 0.05) is 5.56 Å². The lowest BCUT2D eigenvalue weighted by Crippen LogP contribution is -2.01. The highest BCUT2D eigenvalue weighted by Gasteiger charge is 2.10. The van der Waals surface area contributed by atoms with Gasteiger partial charge in [0.2, 0.25) is 0 Å². The van der Waals surface area contributed by atoms with Crippen molar-refractivity contribution in [2.45, 2.75) is 20.3 Å². The third kappa shape index (κ3) is 4.04. The summed E-state index contributed by atoms with van der Waals surface area (Å²) >= 11 is 0. The van der Waals surface area contributed by atoms with E-state index in [0.29, 0.717) is 30.3 Å². The molecular weight excluding hydrogens is 240 g/mol. The quantitative estimate of drug-likeness (QED) is 0.732. The van der Waals surface area contributed by atoms with Crippen molar-refractivity contribution in [3.8, 4) is 23.6 Å². The Labute approximate surface area is 113 Å². The third-order valence-electron chi connectivity index (χ3n) is 2.30. The average molecular weight is 256 g/mol. The van der Waals surface area contributed by atoms with Gasteiger partial charge in [0.25, 0.3) is 0 Å². The van der Waals surface area contributed by atoms with Crippen molar-refractivity contribution in [2.75, 3.05) is 13.2 Å². The molecule has 1 rings (SSSR count). The van der Waals surface area contributed by atoms with Crippen LogP contribution in [-0.2, 0) is 0 Å². The zero-order chi connectivity index (χ0) is 14.1. The monoisotopic (exact) mass is 256 g/mol. The lowest BCUT2D eigenvalue weighted by atomic mass is 10.1. The molecule has 0 fully saturated rings. The van der Waals surface area contributed by atoms with Gasteiger partial charge in [0.1, 0.15) is 17.7 Å². The smallest absolute Gasteiger partial charge is 0.168 e. The molecule has 0 heterocycles. The van der Waals surface area contributed by atoms with Gasteiger partial charge in [-0.25, -0.2) is 0 Å². The Morgan fingerprint density at radius 2 is 1.95 bits per heavy atom. The van der Waals surface area contributed by atoms with Gasteiger partial charge < -0.3 is 9.47 Å². The maximum atomic E-state index is 8.81. The second kappa shape index (κ2) is 7.79. The zero-order valence-corrected chi connectivity index (χ0v) is 11.1. The van der Waals surface area contributed by atoms with Gasteiger partial charge in [-0.05, 0) is 25.5 Å². The van der Waals surface area contributed by atoms with Crippen LogP contribution in [0.15, 0.2) is 23.8 Å². The Bertz CT molecular complexity index is 520. The summed E-state index contributed by atoms with van der Waals surface area (Å²) in [5.74, 6) is 1.20. The summed E-state index contributed by atoms with van der Waals surface area (Å²) in [5.41, 5.74) is 0.715. The Kier molecular flexibility index (Phi) is 5.98. The van der Waals surface area contributed by atoms with E-state index in [1.807, 2.05) is 38.1 Å². The molecule has 0 bridgehead atoms. The number of benzene rings is 1. The molecule has 0 spiro atoms. The highest BCUT2D eigenvalue weighted by atomic mass is 16.5. The summed E-state index contributed by atoms with van der Waals surface area (Å²) in [6, 6.07) is 9.09. The van der Waals surface area contributed by atoms with Crippen molar-refractivity contribution in [3.63, 3.8) is 0 Å². The first-order chi connectivity index (χ1) is 9.26. The first-order valence-electron chi connectivity index (χ1n) is 6.17. The zero-order valence-electron chi connectivity index (χ0n) is 11.1. The normalized spacial score (nSPS) is 9.05.